The minimum atomic E-state index is -0.0827. The number of hydrogen-bond donors (Lipinski definition) is 1. The molecule has 0 fully saturated rings. The summed E-state index contributed by atoms with van der Waals surface area (Å²) in [5.41, 5.74) is 1.71. The van der Waals surface area contributed by atoms with E-state index in [-0.39, 0.29) is 5.91 Å². The topological polar surface area (TPSA) is 38.3 Å². The van der Waals surface area contributed by atoms with Crippen molar-refractivity contribution < 1.29 is 9.53 Å². The quantitative estimate of drug-likeness (QED) is 0.870. The van der Waals surface area contributed by atoms with Crippen molar-refractivity contribution in [1.29, 1.82) is 0 Å². The molecule has 1 amide bonds. The molecule has 0 aliphatic carbocycles. The molecule has 1 aromatic rings. The van der Waals surface area contributed by atoms with Gasteiger partial charge in [0.05, 0.1) is 12.8 Å². The first-order chi connectivity index (χ1) is 7.17. The molecule has 0 aromatic heterocycles. The Morgan fingerprint density at radius 1 is 1.53 bits per heavy atom. The van der Waals surface area contributed by atoms with Gasteiger partial charge in [-0.3, -0.25) is 4.79 Å². The number of amides is 1. The summed E-state index contributed by atoms with van der Waals surface area (Å²) < 4.78 is 6.94. The number of methoxy groups -OCH3 is 1. The monoisotopic (exact) mass is 317 g/mol. The van der Waals surface area contributed by atoms with E-state index in [4.69, 9.17) is 4.74 Å². The summed E-state index contributed by atoms with van der Waals surface area (Å²) in [5.74, 6) is 0.689. The van der Waals surface area contributed by atoms with Crippen LogP contribution in [0.2, 0.25) is 0 Å². The Morgan fingerprint density at radius 3 is 2.80 bits per heavy atom. The molecule has 3 nitrogen and oxygen atoms in total. The Hall–Kier alpha value is -1.04. The smallest absolute Gasteiger partial charge is 0.221 e. The van der Waals surface area contributed by atoms with Crippen LogP contribution in [0.4, 0.5) is 0 Å². The maximum absolute atomic E-state index is 11.0. The standard InChI is InChI=1S/C11H12INO2/c1-8(14)13-11(7-12)9-4-3-5-10(6-9)15-2/h3-7H,1-2H3,(H,13,14)/b11-7-. The zero-order valence-corrected chi connectivity index (χ0v) is 10.7. The number of ether oxygens (including phenoxy) is 1. The van der Waals surface area contributed by atoms with Gasteiger partial charge in [-0.1, -0.05) is 34.7 Å². The second kappa shape index (κ2) is 5.75. The molecule has 0 aliphatic heterocycles. The van der Waals surface area contributed by atoms with Gasteiger partial charge in [-0.25, -0.2) is 0 Å². The van der Waals surface area contributed by atoms with E-state index in [0.717, 1.165) is 17.0 Å². The van der Waals surface area contributed by atoms with Crippen LogP contribution in [0.25, 0.3) is 5.70 Å². The lowest BCUT2D eigenvalue weighted by molar-refractivity contribution is -0.117. The summed E-state index contributed by atoms with van der Waals surface area (Å²) >= 11 is 2.09. The predicted octanol–water partition coefficient (Wildman–Crippen LogP) is 2.56. The molecule has 15 heavy (non-hydrogen) atoms. The van der Waals surface area contributed by atoms with E-state index in [9.17, 15) is 4.79 Å². The molecule has 0 spiro atoms. The van der Waals surface area contributed by atoms with Crippen LogP contribution in [0.3, 0.4) is 0 Å². The Labute approximate surface area is 103 Å². The van der Waals surface area contributed by atoms with Crippen LogP contribution in [-0.2, 0) is 4.79 Å². The van der Waals surface area contributed by atoms with E-state index in [0.29, 0.717) is 0 Å². The average molecular weight is 317 g/mol. The van der Waals surface area contributed by atoms with Gasteiger partial charge in [0.15, 0.2) is 0 Å². The molecule has 0 heterocycles. The predicted molar refractivity (Wildman–Crippen MR) is 68.8 cm³/mol. The van der Waals surface area contributed by atoms with Crippen molar-refractivity contribution in [3.8, 4) is 5.75 Å². The number of halogens is 1. The van der Waals surface area contributed by atoms with Crippen molar-refractivity contribution in [1.82, 2.24) is 5.32 Å². The van der Waals surface area contributed by atoms with Crippen LogP contribution in [-0.4, -0.2) is 13.0 Å². The van der Waals surface area contributed by atoms with Gasteiger partial charge in [0.1, 0.15) is 5.75 Å². The van der Waals surface area contributed by atoms with Gasteiger partial charge in [-0.05, 0) is 12.1 Å². The fourth-order valence-electron chi connectivity index (χ4n) is 1.14. The van der Waals surface area contributed by atoms with Gasteiger partial charge in [0.25, 0.3) is 0 Å². The van der Waals surface area contributed by atoms with Gasteiger partial charge in [-0.2, -0.15) is 0 Å². The summed E-state index contributed by atoms with van der Waals surface area (Å²) in [5, 5.41) is 2.76. The Balaban J connectivity index is 2.97. The lowest BCUT2D eigenvalue weighted by atomic mass is 10.1. The van der Waals surface area contributed by atoms with Gasteiger partial charge in [0, 0.05) is 16.6 Å². The molecule has 80 valence electrons. The fraction of sp³-hybridized carbons (Fsp3) is 0.182. The summed E-state index contributed by atoms with van der Waals surface area (Å²) in [7, 11) is 1.62. The Bertz CT molecular complexity index is 388. The number of nitrogens with one attached hydrogen (secondary N) is 1. The Kier molecular flexibility index (Phi) is 4.61. The van der Waals surface area contributed by atoms with E-state index >= 15 is 0 Å². The molecule has 4 heteroatoms. The molecule has 0 atom stereocenters. The largest absolute Gasteiger partial charge is 0.497 e. The molecule has 0 saturated heterocycles. The van der Waals surface area contributed by atoms with Gasteiger partial charge >= 0.3 is 0 Å². The van der Waals surface area contributed by atoms with Crippen LogP contribution in [0, 0.1) is 0 Å². The number of carbonyl (C=O) groups is 1. The van der Waals surface area contributed by atoms with Crippen molar-refractivity contribution >= 4 is 34.2 Å². The van der Waals surface area contributed by atoms with Crippen LogP contribution in [0.1, 0.15) is 12.5 Å². The van der Waals surface area contributed by atoms with Crippen molar-refractivity contribution in [2.45, 2.75) is 6.92 Å². The number of rotatable bonds is 3. The zero-order chi connectivity index (χ0) is 11.3. The molecular formula is C11H12INO2. The molecule has 0 saturated carbocycles. The van der Waals surface area contributed by atoms with Crippen molar-refractivity contribution in [3.05, 3.63) is 33.9 Å². The Morgan fingerprint density at radius 2 is 2.27 bits per heavy atom. The van der Waals surface area contributed by atoms with Crippen molar-refractivity contribution in [3.63, 3.8) is 0 Å². The molecular weight excluding hydrogens is 305 g/mol. The highest BCUT2D eigenvalue weighted by molar-refractivity contribution is 14.1. The minimum absolute atomic E-state index is 0.0827. The van der Waals surface area contributed by atoms with E-state index in [1.807, 2.05) is 28.3 Å². The first-order valence-electron chi connectivity index (χ1n) is 4.39. The molecule has 0 unspecified atom stereocenters. The third kappa shape index (κ3) is 3.54. The lowest BCUT2D eigenvalue weighted by Gasteiger charge is -2.08. The maximum Gasteiger partial charge on any atom is 0.221 e. The highest BCUT2D eigenvalue weighted by atomic mass is 127. The van der Waals surface area contributed by atoms with Crippen LogP contribution < -0.4 is 10.1 Å². The van der Waals surface area contributed by atoms with Crippen molar-refractivity contribution in [2.24, 2.45) is 0 Å². The van der Waals surface area contributed by atoms with E-state index < -0.39 is 0 Å². The lowest BCUT2D eigenvalue weighted by Crippen LogP contribution is -2.17. The highest BCUT2D eigenvalue weighted by Gasteiger charge is 2.03. The molecule has 1 N–H and O–H groups in total. The van der Waals surface area contributed by atoms with Gasteiger partial charge in [0.2, 0.25) is 5.91 Å². The molecule has 0 aliphatic rings. The molecule has 1 rings (SSSR count). The second-order valence-corrected chi connectivity index (χ2v) is 3.56. The fourth-order valence-corrected chi connectivity index (χ4v) is 1.66. The zero-order valence-electron chi connectivity index (χ0n) is 8.58. The van der Waals surface area contributed by atoms with Crippen LogP contribution >= 0.6 is 22.6 Å². The van der Waals surface area contributed by atoms with E-state index in [2.05, 4.69) is 27.9 Å². The number of benzene rings is 1. The third-order valence-electron chi connectivity index (χ3n) is 1.80. The third-order valence-corrected chi connectivity index (χ3v) is 2.42. The highest BCUT2D eigenvalue weighted by Crippen LogP contribution is 2.19. The van der Waals surface area contributed by atoms with Crippen molar-refractivity contribution in [2.75, 3.05) is 7.11 Å². The van der Waals surface area contributed by atoms with E-state index in [1.54, 1.807) is 7.11 Å². The van der Waals surface area contributed by atoms with Gasteiger partial charge < -0.3 is 10.1 Å². The summed E-state index contributed by atoms with van der Waals surface area (Å²) in [6.07, 6.45) is 0. The first kappa shape index (κ1) is 12.0. The molecule has 0 bridgehead atoms. The van der Waals surface area contributed by atoms with Gasteiger partial charge in [-0.15, -0.1) is 0 Å². The average Bonchev–Trinajstić information content (AvgIpc) is 2.25. The minimum Gasteiger partial charge on any atom is -0.497 e. The summed E-state index contributed by atoms with van der Waals surface area (Å²) in [6, 6.07) is 7.54. The molecule has 0 radical (unpaired) electrons. The normalized spacial score (nSPS) is 11.0. The number of carbonyl (C=O) groups excluding carboxylic acids is 1. The summed E-state index contributed by atoms with van der Waals surface area (Å²) in [4.78, 5) is 11.0. The number of hydrogen-bond acceptors (Lipinski definition) is 2. The molecule has 1 aromatic carbocycles. The van der Waals surface area contributed by atoms with E-state index in [1.165, 1.54) is 6.92 Å². The second-order valence-electron chi connectivity index (χ2n) is 2.94. The van der Waals surface area contributed by atoms with Crippen LogP contribution in [0.15, 0.2) is 28.3 Å². The summed E-state index contributed by atoms with van der Waals surface area (Å²) in [6.45, 7) is 1.49. The SMILES string of the molecule is COc1cccc(/C(=C/I)NC(C)=O)c1. The van der Waals surface area contributed by atoms with Crippen LogP contribution in [0.5, 0.6) is 5.75 Å². The first-order valence-corrected chi connectivity index (χ1v) is 5.64. The maximum atomic E-state index is 11.0.